The normalized spacial score (nSPS) is 10.7. The molecule has 4 rings (SSSR count). The number of hydrogen-bond acceptors (Lipinski definition) is 4. The molecule has 0 aliphatic carbocycles. The summed E-state index contributed by atoms with van der Waals surface area (Å²) in [5.74, 6) is 0.0609. The number of ether oxygens (including phenoxy) is 1. The van der Waals surface area contributed by atoms with Crippen LogP contribution in [0, 0.1) is 0 Å². The molecule has 0 spiro atoms. The molecule has 0 amide bonds. The molecule has 0 saturated carbocycles. The predicted molar refractivity (Wildman–Crippen MR) is 113 cm³/mol. The summed E-state index contributed by atoms with van der Waals surface area (Å²) >= 11 is 11.9. The van der Waals surface area contributed by atoms with E-state index >= 15 is 0 Å². The van der Waals surface area contributed by atoms with Crippen molar-refractivity contribution in [3.8, 4) is 22.8 Å². The first-order chi connectivity index (χ1) is 14.1. The number of halogens is 2. The molecule has 4 aromatic rings. The molecular weight excluding hydrogens is 409 g/mol. The minimum absolute atomic E-state index is 0.105. The molecule has 0 radical (unpaired) electrons. The topological polar surface area (TPSA) is 52.3 Å². The third-order valence-electron chi connectivity index (χ3n) is 4.23. The van der Waals surface area contributed by atoms with Crippen LogP contribution in [0.2, 0.25) is 10.0 Å². The van der Waals surface area contributed by atoms with Gasteiger partial charge in [-0.2, -0.15) is 0 Å². The van der Waals surface area contributed by atoms with Crippen molar-refractivity contribution in [1.82, 2.24) is 4.98 Å². The van der Waals surface area contributed by atoms with E-state index in [-0.39, 0.29) is 12.3 Å². The Hall–Kier alpha value is -3.08. The summed E-state index contributed by atoms with van der Waals surface area (Å²) in [4.78, 5) is 17.2. The number of oxazole rings is 1. The lowest BCUT2D eigenvalue weighted by molar-refractivity contribution is 0.0467. The lowest BCUT2D eigenvalue weighted by Crippen LogP contribution is -2.07. The van der Waals surface area contributed by atoms with Crippen molar-refractivity contribution < 1.29 is 13.9 Å². The van der Waals surface area contributed by atoms with E-state index in [1.54, 1.807) is 48.5 Å². The molecule has 6 heteroatoms. The van der Waals surface area contributed by atoms with E-state index in [1.807, 2.05) is 30.3 Å². The van der Waals surface area contributed by atoms with Crippen LogP contribution in [-0.2, 0) is 11.3 Å². The summed E-state index contributed by atoms with van der Waals surface area (Å²) in [6.07, 6.45) is 0. The Morgan fingerprint density at radius 2 is 1.41 bits per heavy atom. The van der Waals surface area contributed by atoms with Crippen molar-refractivity contribution in [1.29, 1.82) is 0 Å². The molecule has 0 aliphatic heterocycles. The zero-order valence-corrected chi connectivity index (χ0v) is 16.7. The summed E-state index contributed by atoms with van der Waals surface area (Å²) in [6, 6.07) is 23.4. The molecule has 0 saturated heterocycles. The van der Waals surface area contributed by atoms with Gasteiger partial charge in [0.25, 0.3) is 0 Å². The number of hydrogen-bond donors (Lipinski definition) is 0. The average Bonchev–Trinajstić information content (AvgIpc) is 3.19. The highest BCUT2D eigenvalue weighted by Gasteiger charge is 2.23. The highest BCUT2D eigenvalue weighted by molar-refractivity contribution is 6.30. The van der Waals surface area contributed by atoms with Crippen molar-refractivity contribution in [2.75, 3.05) is 0 Å². The van der Waals surface area contributed by atoms with Gasteiger partial charge < -0.3 is 9.15 Å². The second-order valence-corrected chi connectivity index (χ2v) is 7.15. The van der Waals surface area contributed by atoms with Gasteiger partial charge in [0.2, 0.25) is 5.89 Å². The van der Waals surface area contributed by atoms with Crippen LogP contribution in [-0.4, -0.2) is 11.0 Å². The van der Waals surface area contributed by atoms with Gasteiger partial charge in [-0.15, -0.1) is 0 Å². The smallest absolute Gasteiger partial charge is 0.361 e. The maximum atomic E-state index is 12.8. The van der Waals surface area contributed by atoms with Crippen molar-refractivity contribution in [2.24, 2.45) is 0 Å². The Morgan fingerprint density at radius 1 is 0.828 bits per heavy atom. The number of esters is 1. The number of benzene rings is 3. The molecule has 1 heterocycles. The molecule has 0 bridgehead atoms. The highest BCUT2D eigenvalue weighted by Crippen LogP contribution is 2.31. The molecule has 0 aliphatic rings. The van der Waals surface area contributed by atoms with Gasteiger partial charge in [0.05, 0.1) is 0 Å². The Bertz CT molecular complexity index is 1120. The van der Waals surface area contributed by atoms with Crippen LogP contribution in [0.5, 0.6) is 0 Å². The fourth-order valence-corrected chi connectivity index (χ4v) is 3.01. The van der Waals surface area contributed by atoms with Crippen LogP contribution < -0.4 is 0 Å². The number of carbonyl (C=O) groups excluding carboxylic acids is 1. The SMILES string of the molecule is O=C(OCc1ccccc1)c1nc(-c2ccc(Cl)cc2)oc1-c1ccc(Cl)cc1. The summed E-state index contributed by atoms with van der Waals surface area (Å²) in [6.45, 7) is 0.142. The second-order valence-electron chi connectivity index (χ2n) is 6.27. The largest absolute Gasteiger partial charge is 0.456 e. The lowest BCUT2D eigenvalue weighted by Gasteiger charge is -2.04. The van der Waals surface area contributed by atoms with Crippen LogP contribution >= 0.6 is 23.2 Å². The van der Waals surface area contributed by atoms with Gasteiger partial charge in [-0.05, 0) is 54.1 Å². The fourth-order valence-electron chi connectivity index (χ4n) is 2.76. The maximum absolute atomic E-state index is 12.8. The van der Waals surface area contributed by atoms with E-state index < -0.39 is 5.97 Å². The molecule has 0 unspecified atom stereocenters. The molecule has 1 aromatic heterocycles. The van der Waals surface area contributed by atoms with Crippen LogP contribution in [0.3, 0.4) is 0 Å². The fraction of sp³-hybridized carbons (Fsp3) is 0.0435. The first-order valence-corrected chi connectivity index (χ1v) is 9.59. The van der Waals surface area contributed by atoms with E-state index in [2.05, 4.69) is 4.98 Å². The number of carbonyl (C=O) groups is 1. The molecule has 3 aromatic carbocycles. The van der Waals surface area contributed by atoms with Crippen LogP contribution in [0.1, 0.15) is 16.1 Å². The highest BCUT2D eigenvalue weighted by atomic mass is 35.5. The Morgan fingerprint density at radius 3 is 2.03 bits per heavy atom. The van der Waals surface area contributed by atoms with Gasteiger partial charge in [-0.1, -0.05) is 53.5 Å². The van der Waals surface area contributed by atoms with Crippen LogP contribution in [0.4, 0.5) is 0 Å². The molecule has 29 heavy (non-hydrogen) atoms. The van der Waals surface area contributed by atoms with Crippen LogP contribution in [0.25, 0.3) is 22.8 Å². The summed E-state index contributed by atoms with van der Waals surface area (Å²) in [5.41, 5.74) is 2.36. The number of aromatic nitrogens is 1. The molecular formula is C23H15Cl2NO3. The van der Waals surface area contributed by atoms with Gasteiger partial charge in [0.1, 0.15) is 6.61 Å². The zero-order valence-electron chi connectivity index (χ0n) is 15.1. The standard InChI is InChI=1S/C23H15Cl2NO3/c24-18-10-6-16(7-11-18)21-20(23(27)28-14-15-4-2-1-3-5-15)26-22(29-21)17-8-12-19(25)13-9-17/h1-13H,14H2. The van der Waals surface area contributed by atoms with E-state index in [9.17, 15) is 4.79 Å². The zero-order chi connectivity index (χ0) is 20.2. The Labute approximate surface area is 177 Å². The van der Waals surface area contributed by atoms with E-state index in [4.69, 9.17) is 32.4 Å². The van der Waals surface area contributed by atoms with Crippen molar-refractivity contribution in [2.45, 2.75) is 6.61 Å². The second kappa shape index (κ2) is 8.52. The first-order valence-electron chi connectivity index (χ1n) is 8.84. The molecule has 0 atom stereocenters. The summed E-state index contributed by atoms with van der Waals surface area (Å²) < 4.78 is 11.4. The Balaban J connectivity index is 1.69. The molecule has 4 nitrogen and oxygen atoms in total. The molecule has 0 fully saturated rings. The van der Waals surface area contributed by atoms with E-state index in [1.165, 1.54) is 0 Å². The van der Waals surface area contributed by atoms with Gasteiger partial charge in [0, 0.05) is 21.2 Å². The third-order valence-corrected chi connectivity index (χ3v) is 4.73. The van der Waals surface area contributed by atoms with Crippen molar-refractivity contribution >= 4 is 29.2 Å². The molecule has 144 valence electrons. The van der Waals surface area contributed by atoms with E-state index in [0.29, 0.717) is 32.8 Å². The monoisotopic (exact) mass is 423 g/mol. The lowest BCUT2D eigenvalue weighted by atomic mass is 10.1. The molecule has 0 N–H and O–H groups in total. The first kappa shape index (κ1) is 19.2. The average molecular weight is 424 g/mol. The quantitative estimate of drug-likeness (QED) is 0.336. The van der Waals surface area contributed by atoms with Gasteiger partial charge >= 0.3 is 5.97 Å². The Kier molecular flexibility index (Phi) is 5.65. The van der Waals surface area contributed by atoms with Crippen LogP contribution in [0.15, 0.2) is 83.3 Å². The van der Waals surface area contributed by atoms with Crippen molar-refractivity contribution in [3.63, 3.8) is 0 Å². The van der Waals surface area contributed by atoms with E-state index in [0.717, 1.165) is 5.56 Å². The minimum Gasteiger partial charge on any atom is -0.456 e. The third kappa shape index (κ3) is 4.50. The number of nitrogens with zero attached hydrogens (tertiary/aromatic N) is 1. The predicted octanol–water partition coefficient (Wildman–Crippen LogP) is 6.67. The van der Waals surface area contributed by atoms with Gasteiger partial charge in [0.15, 0.2) is 11.5 Å². The van der Waals surface area contributed by atoms with Crippen molar-refractivity contribution in [3.05, 3.63) is 100 Å². The minimum atomic E-state index is -0.567. The van der Waals surface area contributed by atoms with Gasteiger partial charge in [-0.3, -0.25) is 0 Å². The number of rotatable bonds is 5. The van der Waals surface area contributed by atoms with Gasteiger partial charge in [-0.25, -0.2) is 9.78 Å². The summed E-state index contributed by atoms with van der Waals surface area (Å²) in [5, 5.41) is 1.18. The maximum Gasteiger partial charge on any atom is 0.361 e. The summed E-state index contributed by atoms with van der Waals surface area (Å²) in [7, 11) is 0.